The molecule has 33 heavy (non-hydrogen) atoms. The van der Waals surface area contributed by atoms with Gasteiger partial charge in [0.05, 0.1) is 6.26 Å². The van der Waals surface area contributed by atoms with Gasteiger partial charge in [0.25, 0.3) is 0 Å². The molecule has 1 atom stereocenters. The second-order valence-corrected chi connectivity index (χ2v) is 8.18. The molecule has 4 aromatic rings. The molecular weight excluding hydrogens is 416 g/mol. The van der Waals surface area contributed by atoms with Gasteiger partial charge in [0, 0.05) is 42.4 Å². The smallest absolute Gasteiger partial charge is 0.309 e. The SMILES string of the molecule is O=C(NCCc1c[nH]c2ccccc12)C(=O)NC[C@H](c1ccco1)N1CCc2ccccc21. The Balaban J connectivity index is 1.18. The van der Waals surface area contributed by atoms with Crippen LogP contribution in [0.25, 0.3) is 10.9 Å². The molecule has 0 fully saturated rings. The molecule has 0 aliphatic carbocycles. The fourth-order valence-corrected chi connectivity index (χ4v) is 4.53. The molecule has 0 radical (unpaired) electrons. The second kappa shape index (κ2) is 9.24. The lowest BCUT2D eigenvalue weighted by molar-refractivity contribution is -0.139. The summed E-state index contributed by atoms with van der Waals surface area (Å²) < 4.78 is 5.66. The van der Waals surface area contributed by atoms with E-state index in [1.54, 1.807) is 6.26 Å². The summed E-state index contributed by atoms with van der Waals surface area (Å²) in [6.45, 7) is 1.49. The van der Waals surface area contributed by atoms with Gasteiger partial charge in [-0.2, -0.15) is 0 Å². The zero-order valence-corrected chi connectivity index (χ0v) is 18.2. The van der Waals surface area contributed by atoms with Crippen molar-refractivity contribution in [1.29, 1.82) is 0 Å². The lowest BCUT2D eigenvalue weighted by Crippen LogP contribution is -2.44. The number of amides is 2. The Hall–Kier alpha value is -4.00. The van der Waals surface area contributed by atoms with E-state index in [9.17, 15) is 9.59 Å². The van der Waals surface area contributed by atoms with E-state index in [0.717, 1.165) is 40.9 Å². The summed E-state index contributed by atoms with van der Waals surface area (Å²) in [5.41, 5.74) is 4.58. The highest BCUT2D eigenvalue weighted by Crippen LogP contribution is 2.34. The van der Waals surface area contributed by atoms with Gasteiger partial charge in [0.2, 0.25) is 0 Å². The van der Waals surface area contributed by atoms with Crippen molar-refractivity contribution < 1.29 is 14.0 Å². The maximum absolute atomic E-state index is 12.5. The number of hydrogen-bond donors (Lipinski definition) is 3. The molecule has 0 bridgehead atoms. The van der Waals surface area contributed by atoms with E-state index in [1.807, 2.05) is 54.7 Å². The summed E-state index contributed by atoms with van der Waals surface area (Å²) in [5, 5.41) is 6.65. The van der Waals surface area contributed by atoms with Crippen molar-refractivity contribution in [2.75, 3.05) is 24.5 Å². The highest BCUT2D eigenvalue weighted by Gasteiger charge is 2.29. The van der Waals surface area contributed by atoms with Crippen LogP contribution in [-0.4, -0.2) is 36.4 Å². The molecule has 5 rings (SSSR count). The van der Waals surface area contributed by atoms with Gasteiger partial charge in [-0.25, -0.2) is 0 Å². The maximum atomic E-state index is 12.5. The number of anilines is 1. The molecule has 3 heterocycles. The predicted octanol–water partition coefficient (Wildman–Crippen LogP) is 3.34. The molecule has 2 amide bonds. The third kappa shape index (κ3) is 4.35. The Morgan fingerprint density at radius 1 is 1.00 bits per heavy atom. The van der Waals surface area contributed by atoms with Crippen LogP contribution in [0.5, 0.6) is 0 Å². The Morgan fingerprint density at radius 3 is 2.70 bits per heavy atom. The first-order chi connectivity index (χ1) is 16.2. The topological polar surface area (TPSA) is 90.4 Å². The lowest BCUT2D eigenvalue weighted by Gasteiger charge is -2.29. The number of para-hydroxylation sites is 2. The Morgan fingerprint density at radius 2 is 1.82 bits per heavy atom. The fraction of sp³-hybridized carbons (Fsp3) is 0.231. The van der Waals surface area contributed by atoms with E-state index in [-0.39, 0.29) is 12.6 Å². The molecule has 0 unspecified atom stereocenters. The molecule has 1 aliphatic heterocycles. The number of rotatable bonds is 7. The Labute approximate surface area is 191 Å². The third-order valence-electron chi connectivity index (χ3n) is 6.19. The van der Waals surface area contributed by atoms with Gasteiger partial charge in [-0.15, -0.1) is 0 Å². The van der Waals surface area contributed by atoms with Gasteiger partial charge >= 0.3 is 11.8 Å². The van der Waals surface area contributed by atoms with Crippen LogP contribution in [0.2, 0.25) is 0 Å². The van der Waals surface area contributed by atoms with E-state index < -0.39 is 11.8 Å². The van der Waals surface area contributed by atoms with Crippen LogP contribution in [0.1, 0.15) is 22.9 Å². The number of hydrogen-bond acceptors (Lipinski definition) is 4. The molecular formula is C26H26N4O3. The average Bonchev–Trinajstić information content (AvgIpc) is 3.60. The molecule has 3 N–H and O–H groups in total. The minimum absolute atomic E-state index is 0.188. The van der Waals surface area contributed by atoms with Crippen LogP contribution < -0.4 is 15.5 Å². The zero-order chi connectivity index (χ0) is 22.6. The standard InChI is InChI=1S/C26H26N4O3/c31-25(27-13-11-19-16-28-21-8-3-2-7-20(19)21)26(32)29-17-23(24-10-5-15-33-24)30-14-12-18-6-1-4-9-22(18)30/h1-10,15-16,23,28H,11-14,17H2,(H,27,31)(H,29,32)/t23-/m1/s1. The van der Waals surface area contributed by atoms with Gasteiger partial charge in [-0.1, -0.05) is 36.4 Å². The van der Waals surface area contributed by atoms with Crippen LogP contribution in [0.4, 0.5) is 5.69 Å². The molecule has 0 saturated heterocycles. The van der Waals surface area contributed by atoms with Gasteiger partial charge in [-0.05, 0) is 48.2 Å². The van der Waals surface area contributed by atoms with Crippen molar-refractivity contribution in [3.05, 3.63) is 90.0 Å². The monoisotopic (exact) mass is 442 g/mol. The average molecular weight is 443 g/mol. The van der Waals surface area contributed by atoms with Crippen molar-refractivity contribution >= 4 is 28.4 Å². The zero-order valence-electron chi connectivity index (χ0n) is 18.2. The first-order valence-corrected chi connectivity index (χ1v) is 11.2. The quantitative estimate of drug-likeness (QED) is 0.383. The normalized spacial score (nSPS) is 13.6. The summed E-state index contributed by atoms with van der Waals surface area (Å²) in [6, 6.07) is 19.8. The number of fused-ring (bicyclic) bond motifs is 2. The van der Waals surface area contributed by atoms with E-state index in [0.29, 0.717) is 13.0 Å². The molecule has 0 spiro atoms. The van der Waals surface area contributed by atoms with Crippen molar-refractivity contribution in [2.45, 2.75) is 18.9 Å². The Bertz CT molecular complexity index is 1260. The Kier molecular flexibility index (Phi) is 5.85. The molecule has 2 aromatic heterocycles. The van der Waals surface area contributed by atoms with Gasteiger partial charge in [-0.3, -0.25) is 9.59 Å². The van der Waals surface area contributed by atoms with Crippen LogP contribution in [0.15, 0.2) is 77.5 Å². The lowest BCUT2D eigenvalue weighted by atomic mass is 10.1. The number of carbonyl (C=O) groups is 2. The van der Waals surface area contributed by atoms with Crippen molar-refractivity contribution in [1.82, 2.24) is 15.6 Å². The van der Waals surface area contributed by atoms with E-state index in [1.165, 1.54) is 5.56 Å². The number of nitrogens with one attached hydrogen (secondary N) is 3. The maximum Gasteiger partial charge on any atom is 0.309 e. The summed E-state index contributed by atoms with van der Waals surface area (Å²) in [6.07, 6.45) is 5.15. The molecule has 0 saturated carbocycles. The van der Waals surface area contributed by atoms with Crippen molar-refractivity contribution in [3.63, 3.8) is 0 Å². The molecule has 168 valence electrons. The van der Waals surface area contributed by atoms with Crippen molar-refractivity contribution in [2.24, 2.45) is 0 Å². The van der Waals surface area contributed by atoms with Gasteiger partial charge < -0.3 is 24.9 Å². The first-order valence-electron chi connectivity index (χ1n) is 11.2. The number of furan rings is 1. The molecule has 7 nitrogen and oxygen atoms in total. The summed E-state index contributed by atoms with van der Waals surface area (Å²) >= 11 is 0. The number of H-pyrrole nitrogens is 1. The van der Waals surface area contributed by atoms with Gasteiger partial charge in [0.1, 0.15) is 11.8 Å². The summed E-state index contributed by atoms with van der Waals surface area (Å²) in [4.78, 5) is 30.3. The van der Waals surface area contributed by atoms with E-state index in [4.69, 9.17) is 4.42 Å². The number of aromatic nitrogens is 1. The number of benzene rings is 2. The number of carbonyl (C=O) groups excluding carboxylic acids is 2. The fourth-order valence-electron chi connectivity index (χ4n) is 4.53. The van der Waals surface area contributed by atoms with E-state index >= 15 is 0 Å². The third-order valence-corrected chi connectivity index (χ3v) is 6.19. The van der Waals surface area contributed by atoms with Crippen LogP contribution in [-0.2, 0) is 22.4 Å². The highest BCUT2D eigenvalue weighted by atomic mass is 16.3. The first kappa shape index (κ1) is 20.9. The second-order valence-electron chi connectivity index (χ2n) is 8.18. The largest absolute Gasteiger partial charge is 0.467 e. The van der Waals surface area contributed by atoms with Gasteiger partial charge in [0.15, 0.2) is 0 Å². The molecule has 7 heteroatoms. The number of aromatic amines is 1. The highest BCUT2D eigenvalue weighted by molar-refractivity contribution is 6.35. The molecule has 2 aromatic carbocycles. The van der Waals surface area contributed by atoms with E-state index in [2.05, 4.69) is 32.7 Å². The van der Waals surface area contributed by atoms with Crippen LogP contribution in [0, 0.1) is 0 Å². The van der Waals surface area contributed by atoms with Crippen molar-refractivity contribution in [3.8, 4) is 0 Å². The molecule has 1 aliphatic rings. The minimum Gasteiger partial charge on any atom is -0.467 e. The van der Waals surface area contributed by atoms with Crippen LogP contribution in [0.3, 0.4) is 0 Å². The summed E-state index contributed by atoms with van der Waals surface area (Å²) in [5.74, 6) is -0.514. The summed E-state index contributed by atoms with van der Waals surface area (Å²) in [7, 11) is 0. The van der Waals surface area contributed by atoms with Crippen LogP contribution >= 0.6 is 0 Å². The minimum atomic E-state index is -0.641. The number of nitrogens with zero attached hydrogens (tertiary/aromatic N) is 1. The predicted molar refractivity (Wildman–Crippen MR) is 127 cm³/mol.